The Hall–Kier alpha value is -3.08. The summed E-state index contributed by atoms with van der Waals surface area (Å²) in [5.74, 6) is -0.123. The van der Waals surface area contributed by atoms with Crippen LogP contribution in [0.5, 0.6) is 11.5 Å². The first-order valence-electron chi connectivity index (χ1n) is 8.92. The summed E-state index contributed by atoms with van der Waals surface area (Å²) < 4.78 is 12.7. The molecule has 0 spiro atoms. The maximum absolute atomic E-state index is 12.5. The van der Waals surface area contributed by atoms with Gasteiger partial charge in [0, 0.05) is 20.6 Å². The lowest BCUT2D eigenvalue weighted by molar-refractivity contribution is 0.0733. The van der Waals surface area contributed by atoms with Crippen molar-refractivity contribution in [1.29, 1.82) is 5.26 Å². The fourth-order valence-corrected chi connectivity index (χ4v) is 4.28. The lowest BCUT2D eigenvalue weighted by Crippen LogP contribution is -2.21. The second-order valence-electron chi connectivity index (χ2n) is 6.52. The molecule has 0 bridgehead atoms. The highest BCUT2D eigenvalue weighted by Crippen LogP contribution is 2.45. The van der Waals surface area contributed by atoms with Crippen molar-refractivity contribution in [2.24, 2.45) is 5.73 Å². The third kappa shape index (κ3) is 3.72. The number of nitrogens with zero attached hydrogens (tertiary/aromatic N) is 1. The number of benzene rings is 3. The summed E-state index contributed by atoms with van der Waals surface area (Å²) in [4.78, 5) is 12.5. The van der Waals surface area contributed by atoms with E-state index in [1.54, 1.807) is 36.4 Å². The minimum atomic E-state index is -0.498. The van der Waals surface area contributed by atoms with Crippen molar-refractivity contribution in [3.63, 3.8) is 0 Å². The van der Waals surface area contributed by atoms with E-state index in [9.17, 15) is 10.1 Å². The maximum atomic E-state index is 12.5. The molecule has 3 aromatic rings. The molecule has 148 valence electrons. The summed E-state index contributed by atoms with van der Waals surface area (Å²) in [5, 5.41) is 9.68. The van der Waals surface area contributed by atoms with E-state index < -0.39 is 11.9 Å². The van der Waals surface area contributed by atoms with Crippen LogP contribution in [-0.4, -0.2) is 5.97 Å². The van der Waals surface area contributed by atoms with E-state index in [1.807, 2.05) is 30.3 Å². The van der Waals surface area contributed by atoms with Crippen molar-refractivity contribution >= 4 is 37.8 Å². The lowest BCUT2D eigenvalue weighted by atomic mass is 9.83. The zero-order valence-electron chi connectivity index (χ0n) is 15.4. The van der Waals surface area contributed by atoms with Crippen LogP contribution in [0.25, 0.3) is 0 Å². The van der Waals surface area contributed by atoms with Gasteiger partial charge in [-0.25, -0.2) is 4.79 Å². The number of fused-ring (bicyclic) bond motifs is 1. The second-order valence-corrected chi connectivity index (χ2v) is 8.22. The number of carbonyl (C=O) groups excluding carboxylic acids is 1. The van der Waals surface area contributed by atoms with Gasteiger partial charge in [-0.15, -0.1) is 0 Å². The molecule has 0 saturated carbocycles. The zero-order chi connectivity index (χ0) is 21.3. The molecule has 0 fully saturated rings. The van der Waals surface area contributed by atoms with Gasteiger partial charge < -0.3 is 15.2 Å². The first-order chi connectivity index (χ1) is 14.5. The van der Waals surface area contributed by atoms with Gasteiger partial charge >= 0.3 is 5.97 Å². The average molecular weight is 526 g/mol. The molecular weight excluding hydrogens is 512 g/mol. The Bertz CT molecular complexity index is 1230. The van der Waals surface area contributed by atoms with Crippen LogP contribution < -0.4 is 15.2 Å². The summed E-state index contributed by atoms with van der Waals surface area (Å²) in [7, 11) is 0. The van der Waals surface area contributed by atoms with Gasteiger partial charge in [0.1, 0.15) is 23.1 Å². The standard InChI is InChI=1S/C23H14Br2N2O3/c24-18-7-3-1-5-14(18)21-16-10-9-13(11-20(16)30-22(27)17(21)12-26)29-23(28)15-6-2-4-8-19(15)25/h1-11,21H,27H2. The Balaban J connectivity index is 1.73. The van der Waals surface area contributed by atoms with E-state index >= 15 is 0 Å². The highest BCUT2D eigenvalue weighted by Gasteiger charge is 2.32. The van der Waals surface area contributed by atoms with Crippen LogP contribution in [0.4, 0.5) is 0 Å². The van der Waals surface area contributed by atoms with E-state index in [-0.39, 0.29) is 5.88 Å². The van der Waals surface area contributed by atoms with Gasteiger partial charge in [-0.3, -0.25) is 0 Å². The number of esters is 1. The van der Waals surface area contributed by atoms with Crippen molar-refractivity contribution in [3.8, 4) is 17.6 Å². The summed E-state index contributed by atoms with van der Waals surface area (Å²) >= 11 is 6.90. The van der Waals surface area contributed by atoms with Gasteiger partial charge in [-0.05, 0) is 45.8 Å². The van der Waals surface area contributed by atoms with E-state index in [0.717, 1.165) is 15.6 Å². The van der Waals surface area contributed by atoms with E-state index in [4.69, 9.17) is 15.2 Å². The van der Waals surface area contributed by atoms with E-state index in [1.165, 1.54) is 0 Å². The molecule has 4 rings (SSSR count). The molecule has 30 heavy (non-hydrogen) atoms. The van der Waals surface area contributed by atoms with Crippen LogP contribution in [0.3, 0.4) is 0 Å². The maximum Gasteiger partial charge on any atom is 0.344 e. The van der Waals surface area contributed by atoms with Gasteiger partial charge in [0.05, 0.1) is 11.5 Å². The third-order valence-electron chi connectivity index (χ3n) is 4.71. The first-order valence-corrected chi connectivity index (χ1v) is 10.5. The van der Waals surface area contributed by atoms with Gasteiger partial charge in [-0.2, -0.15) is 5.26 Å². The number of halogens is 2. The van der Waals surface area contributed by atoms with Gasteiger partial charge in [0.15, 0.2) is 0 Å². The van der Waals surface area contributed by atoms with Crippen molar-refractivity contribution < 1.29 is 14.3 Å². The number of hydrogen-bond donors (Lipinski definition) is 1. The minimum absolute atomic E-state index is 0.0278. The smallest absolute Gasteiger partial charge is 0.344 e. The van der Waals surface area contributed by atoms with E-state index in [0.29, 0.717) is 27.1 Å². The van der Waals surface area contributed by atoms with Crippen LogP contribution in [0.1, 0.15) is 27.4 Å². The van der Waals surface area contributed by atoms with Gasteiger partial charge in [0.2, 0.25) is 5.88 Å². The Morgan fingerprint density at radius 2 is 1.70 bits per heavy atom. The molecule has 1 unspecified atom stereocenters. The molecule has 0 aromatic heterocycles. The highest BCUT2D eigenvalue weighted by atomic mass is 79.9. The minimum Gasteiger partial charge on any atom is -0.440 e. The molecule has 5 nitrogen and oxygen atoms in total. The predicted molar refractivity (Wildman–Crippen MR) is 119 cm³/mol. The van der Waals surface area contributed by atoms with E-state index in [2.05, 4.69) is 37.9 Å². The van der Waals surface area contributed by atoms with Crippen LogP contribution in [0, 0.1) is 11.3 Å². The largest absolute Gasteiger partial charge is 0.440 e. The Kier molecular flexibility index (Phi) is 5.62. The molecule has 0 radical (unpaired) electrons. The van der Waals surface area contributed by atoms with Crippen LogP contribution in [0.15, 0.2) is 87.1 Å². The molecule has 1 aliphatic heterocycles. The molecular formula is C23H14Br2N2O3. The number of ether oxygens (including phenoxy) is 2. The summed E-state index contributed by atoms with van der Waals surface area (Å²) in [6.07, 6.45) is 0. The molecule has 0 amide bonds. The monoisotopic (exact) mass is 524 g/mol. The molecule has 0 aliphatic carbocycles. The van der Waals surface area contributed by atoms with Gasteiger partial charge in [0.25, 0.3) is 0 Å². The zero-order valence-corrected chi connectivity index (χ0v) is 18.6. The third-order valence-corrected chi connectivity index (χ3v) is 6.12. The number of nitrogens with two attached hydrogens (primary N) is 1. The number of carbonyl (C=O) groups is 1. The molecule has 2 N–H and O–H groups in total. The fraction of sp³-hybridized carbons (Fsp3) is 0.0435. The van der Waals surface area contributed by atoms with Gasteiger partial charge in [-0.1, -0.05) is 52.3 Å². The summed E-state index contributed by atoms with van der Waals surface area (Å²) in [5.41, 5.74) is 8.43. The number of hydrogen-bond acceptors (Lipinski definition) is 5. The average Bonchev–Trinajstić information content (AvgIpc) is 2.73. The molecule has 0 saturated heterocycles. The molecule has 1 aliphatic rings. The number of nitriles is 1. The second kappa shape index (κ2) is 8.34. The number of rotatable bonds is 3. The van der Waals surface area contributed by atoms with Crippen LogP contribution in [0.2, 0.25) is 0 Å². The van der Waals surface area contributed by atoms with Crippen molar-refractivity contribution in [1.82, 2.24) is 0 Å². The molecule has 7 heteroatoms. The Morgan fingerprint density at radius 1 is 1.00 bits per heavy atom. The predicted octanol–water partition coefficient (Wildman–Crippen LogP) is 5.65. The van der Waals surface area contributed by atoms with Crippen LogP contribution >= 0.6 is 31.9 Å². The topological polar surface area (TPSA) is 85.3 Å². The lowest BCUT2D eigenvalue weighted by Gasteiger charge is -2.27. The summed E-state index contributed by atoms with van der Waals surface area (Å²) in [6.45, 7) is 0. The highest BCUT2D eigenvalue weighted by molar-refractivity contribution is 9.10. The van der Waals surface area contributed by atoms with Crippen LogP contribution in [-0.2, 0) is 0 Å². The fourth-order valence-electron chi connectivity index (χ4n) is 3.32. The molecule has 1 atom stereocenters. The van der Waals surface area contributed by atoms with Crippen molar-refractivity contribution in [2.75, 3.05) is 0 Å². The SMILES string of the molecule is N#CC1=C(N)Oc2cc(OC(=O)c3ccccc3Br)ccc2C1c1ccccc1Br. The van der Waals surface area contributed by atoms with Crippen molar-refractivity contribution in [2.45, 2.75) is 5.92 Å². The normalized spacial score (nSPS) is 15.0. The molecule has 3 aromatic carbocycles. The van der Waals surface area contributed by atoms with Crippen molar-refractivity contribution in [3.05, 3.63) is 104 Å². The first kappa shape index (κ1) is 20.2. The number of allylic oxidation sites excluding steroid dienone is 1. The molecule has 1 heterocycles. The Labute approximate surface area is 190 Å². The Morgan fingerprint density at radius 3 is 2.40 bits per heavy atom. The summed E-state index contributed by atoms with van der Waals surface area (Å²) in [6, 6.07) is 21.9. The quantitative estimate of drug-likeness (QED) is 0.353.